The Morgan fingerprint density at radius 2 is 1.70 bits per heavy atom. The van der Waals surface area contributed by atoms with Crippen LogP contribution in [-0.2, 0) is 25.7 Å². The Morgan fingerprint density at radius 1 is 1.06 bits per heavy atom. The molecule has 4 rings (SSSR count). The maximum absolute atomic E-state index is 10.9. The third-order valence-electron chi connectivity index (χ3n) is 6.24. The third kappa shape index (κ3) is 4.43. The average molecular weight is 469 g/mol. The number of nitrogens with zero attached hydrogens (tertiary/aromatic N) is 4. The average Bonchev–Trinajstić information content (AvgIpc) is 3.06. The molecule has 1 aromatic heterocycles. The van der Waals surface area contributed by atoms with Gasteiger partial charge in [-0.25, -0.2) is 4.68 Å². The summed E-state index contributed by atoms with van der Waals surface area (Å²) in [7, 11) is 5.19. The number of hydrogen-bond acceptors (Lipinski definition) is 6. The highest BCUT2D eigenvalue weighted by atomic mass is 32.1. The van der Waals surface area contributed by atoms with E-state index in [2.05, 4.69) is 49.9 Å². The van der Waals surface area contributed by atoms with Gasteiger partial charge in [0.2, 0.25) is 0 Å². The molecule has 0 aliphatic carbocycles. The fraction of sp³-hybridized carbons (Fsp3) is 0.440. The maximum atomic E-state index is 10.9. The number of ether oxygens (including phenoxy) is 2. The minimum Gasteiger partial charge on any atom is -0.496 e. The zero-order valence-corrected chi connectivity index (χ0v) is 20.9. The maximum Gasteiger partial charge on any atom is 0.199 e. The van der Waals surface area contributed by atoms with Crippen molar-refractivity contribution in [1.29, 1.82) is 0 Å². The Labute approximate surface area is 200 Å². The highest BCUT2D eigenvalue weighted by Gasteiger charge is 2.30. The van der Waals surface area contributed by atoms with Crippen LogP contribution in [0.25, 0.3) is 11.4 Å². The lowest BCUT2D eigenvalue weighted by atomic mass is 9.87. The minimum atomic E-state index is -0.693. The van der Waals surface area contributed by atoms with Crippen LogP contribution < -0.4 is 9.47 Å². The van der Waals surface area contributed by atoms with Gasteiger partial charge in [0.15, 0.2) is 10.6 Å². The molecule has 0 amide bonds. The smallest absolute Gasteiger partial charge is 0.199 e. The second-order valence-electron chi connectivity index (χ2n) is 9.52. The van der Waals surface area contributed by atoms with Crippen molar-refractivity contribution in [2.75, 3.05) is 20.8 Å². The molecule has 8 heteroatoms. The number of aliphatic hydroxyl groups excluding tert-OH is 1. The van der Waals surface area contributed by atoms with Crippen LogP contribution in [0, 0.1) is 4.77 Å². The van der Waals surface area contributed by atoms with Crippen LogP contribution in [0.2, 0.25) is 0 Å². The fourth-order valence-electron chi connectivity index (χ4n) is 4.39. The Hall–Kier alpha value is -2.68. The fourth-order valence-corrected chi connectivity index (χ4v) is 4.58. The zero-order valence-electron chi connectivity index (χ0n) is 20.1. The molecule has 0 fully saturated rings. The molecule has 1 aliphatic rings. The molecule has 2 aromatic carbocycles. The van der Waals surface area contributed by atoms with Gasteiger partial charge in [-0.1, -0.05) is 45.0 Å². The van der Waals surface area contributed by atoms with Gasteiger partial charge < -0.3 is 19.1 Å². The number of fused-ring (bicyclic) bond motifs is 1. The molecule has 3 aromatic rings. The highest BCUT2D eigenvalue weighted by Crippen LogP contribution is 2.39. The highest BCUT2D eigenvalue weighted by molar-refractivity contribution is 7.71. The first kappa shape index (κ1) is 23.5. The lowest BCUT2D eigenvalue weighted by molar-refractivity contribution is 0.0670. The number of aliphatic hydroxyl groups is 1. The van der Waals surface area contributed by atoms with E-state index in [1.165, 1.54) is 5.56 Å². The van der Waals surface area contributed by atoms with Crippen molar-refractivity contribution >= 4 is 12.2 Å². The Balaban J connectivity index is 1.62. The van der Waals surface area contributed by atoms with Crippen LogP contribution in [-0.4, -0.2) is 45.1 Å². The molecule has 0 saturated carbocycles. The van der Waals surface area contributed by atoms with Gasteiger partial charge in [-0.15, -0.1) is 0 Å². The first-order valence-electron chi connectivity index (χ1n) is 11.0. The van der Waals surface area contributed by atoms with Crippen LogP contribution in [0.3, 0.4) is 0 Å². The molecular formula is C25H32N4O3S. The van der Waals surface area contributed by atoms with E-state index in [0.717, 1.165) is 28.3 Å². The number of β-amino-alcohol motifs (C(OH)–C–C–N with tert-alkyl or cyclic N) is 1. The normalized spacial score (nSPS) is 16.5. The molecule has 0 bridgehead atoms. The number of methoxy groups -OCH3 is 2. The van der Waals surface area contributed by atoms with Gasteiger partial charge in [-0.2, -0.15) is 5.10 Å². The van der Waals surface area contributed by atoms with E-state index in [9.17, 15) is 5.11 Å². The first-order valence-corrected chi connectivity index (χ1v) is 11.4. The van der Waals surface area contributed by atoms with Crippen LogP contribution in [0.5, 0.6) is 11.5 Å². The van der Waals surface area contributed by atoms with Crippen molar-refractivity contribution in [3.63, 3.8) is 0 Å². The minimum absolute atomic E-state index is 0.0956. The largest absolute Gasteiger partial charge is 0.496 e. The summed E-state index contributed by atoms with van der Waals surface area (Å²) >= 11 is 5.69. The first-order chi connectivity index (χ1) is 15.6. The summed E-state index contributed by atoms with van der Waals surface area (Å²) in [6, 6.07) is 12.2. The van der Waals surface area contributed by atoms with E-state index >= 15 is 0 Å². The molecule has 2 heterocycles. The van der Waals surface area contributed by atoms with Gasteiger partial charge in [-0.05, 0) is 35.3 Å². The van der Waals surface area contributed by atoms with Crippen molar-refractivity contribution in [3.05, 3.63) is 57.9 Å². The lowest BCUT2D eigenvalue weighted by Crippen LogP contribution is -2.36. The van der Waals surface area contributed by atoms with Crippen molar-refractivity contribution < 1.29 is 14.6 Å². The molecule has 0 spiro atoms. The predicted molar refractivity (Wildman–Crippen MR) is 131 cm³/mol. The monoisotopic (exact) mass is 468 g/mol. The number of hydrogen-bond donors (Lipinski definition) is 1. The topological polar surface area (TPSA) is 64.7 Å². The lowest BCUT2D eigenvalue weighted by Gasteiger charge is -2.33. The predicted octanol–water partition coefficient (Wildman–Crippen LogP) is 4.44. The SMILES string of the molecule is COc1ccc(OC)c2c1CN(Cn1nc(-c3ccc(C(C)(C)C)cc3)n(C)c1=S)CC2O. The van der Waals surface area contributed by atoms with Crippen molar-refractivity contribution in [2.24, 2.45) is 7.05 Å². The number of rotatable bonds is 5. The number of benzene rings is 2. The molecule has 33 heavy (non-hydrogen) atoms. The zero-order chi connectivity index (χ0) is 23.9. The molecule has 0 radical (unpaired) electrons. The van der Waals surface area contributed by atoms with E-state index in [4.69, 9.17) is 26.8 Å². The van der Waals surface area contributed by atoms with Gasteiger partial charge in [0.05, 0.1) is 27.0 Å². The van der Waals surface area contributed by atoms with Crippen molar-refractivity contribution in [1.82, 2.24) is 19.2 Å². The Kier molecular flexibility index (Phi) is 6.35. The summed E-state index contributed by atoms with van der Waals surface area (Å²) < 4.78 is 15.4. The second-order valence-corrected chi connectivity index (χ2v) is 9.89. The molecule has 1 aliphatic heterocycles. The van der Waals surface area contributed by atoms with Gasteiger partial charge >= 0.3 is 0 Å². The molecule has 1 unspecified atom stereocenters. The van der Waals surface area contributed by atoms with E-state index in [1.54, 1.807) is 14.2 Å². The van der Waals surface area contributed by atoms with Gasteiger partial charge in [0.1, 0.15) is 11.5 Å². The molecular weight excluding hydrogens is 436 g/mol. The van der Waals surface area contributed by atoms with E-state index in [1.807, 2.05) is 28.4 Å². The summed E-state index contributed by atoms with van der Waals surface area (Å²) in [5.41, 5.74) is 4.11. The van der Waals surface area contributed by atoms with E-state index in [-0.39, 0.29) is 5.41 Å². The van der Waals surface area contributed by atoms with Gasteiger partial charge in [-0.3, -0.25) is 4.90 Å². The Bertz CT molecular complexity index is 1210. The van der Waals surface area contributed by atoms with Crippen LogP contribution >= 0.6 is 12.2 Å². The molecule has 0 saturated heterocycles. The van der Waals surface area contributed by atoms with Gasteiger partial charge in [0, 0.05) is 36.8 Å². The molecule has 7 nitrogen and oxygen atoms in total. The molecule has 1 N–H and O–H groups in total. The molecule has 1 atom stereocenters. The Morgan fingerprint density at radius 3 is 2.30 bits per heavy atom. The third-order valence-corrected chi connectivity index (χ3v) is 6.73. The van der Waals surface area contributed by atoms with E-state index < -0.39 is 6.10 Å². The van der Waals surface area contributed by atoms with Crippen LogP contribution in [0.15, 0.2) is 36.4 Å². The van der Waals surface area contributed by atoms with Crippen molar-refractivity contribution in [2.45, 2.75) is 45.5 Å². The summed E-state index contributed by atoms with van der Waals surface area (Å²) in [4.78, 5) is 2.12. The van der Waals surface area contributed by atoms with Crippen LogP contribution in [0.4, 0.5) is 0 Å². The second kappa shape index (κ2) is 8.93. The number of aromatic nitrogens is 3. The van der Waals surface area contributed by atoms with Crippen molar-refractivity contribution in [3.8, 4) is 22.9 Å². The summed E-state index contributed by atoms with van der Waals surface area (Å²) in [6.07, 6.45) is -0.693. The summed E-state index contributed by atoms with van der Waals surface area (Å²) in [5, 5.41) is 15.7. The summed E-state index contributed by atoms with van der Waals surface area (Å²) in [6.45, 7) is 8.12. The quantitative estimate of drug-likeness (QED) is 0.559. The molecule has 176 valence electrons. The van der Waals surface area contributed by atoms with Crippen LogP contribution in [0.1, 0.15) is 43.6 Å². The summed E-state index contributed by atoms with van der Waals surface area (Å²) in [5.74, 6) is 2.23. The van der Waals surface area contributed by atoms with Gasteiger partial charge in [0.25, 0.3) is 0 Å². The van der Waals surface area contributed by atoms with E-state index in [0.29, 0.717) is 30.3 Å². The standard InChI is InChI=1S/C25H32N4O3S/c1-25(2,3)17-9-7-16(8-10-17)23-26-29(24(33)27(23)4)15-28-13-18-20(31-5)11-12-21(32-6)22(18)19(30)14-28/h7-12,19,30H,13-15H2,1-6H3.